The Morgan fingerprint density at radius 2 is 1.48 bits per heavy atom. The minimum Gasteiger partial charge on any atom is -0.355 e. The van der Waals surface area contributed by atoms with Crippen LogP contribution in [0.3, 0.4) is 0 Å². The smallest absolute Gasteiger partial charge is 0.0464 e. The summed E-state index contributed by atoms with van der Waals surface area (Å²) in [4.78, 5) is 0. The van der Waals surface area contributed by atoms with Crippen LogP contribution >= 0.6 is 0 Å². The molecular weight excluding hydrogens is 555 g/mol. The van der Waals surface area contributed by atoms with E-state index >= 15 is 0 Å². The Morgan fingerprint density at radius 1 is 0.739 bits per heavy atom. The molecule has 5 aromatic rings. The number of hydrogen-bond donors (Lipinski definition) is 1. The third-order valence-electron chi connectivity index (χ3n) is 10.0. The Balaban J connectivity index is 1.21. The predicted molar refractivity (Wildman–Crippen MR) is 199 cm³/mol. The van der Waals surface area contributed by atoms with Crippen molar-refractivity contribution in [1.29, 1.82) is 0 Å². The highest BCUT2D eigenvalue weighted by Crippen LogP contribution is 2.50. The van der Waals surface area contributed by atoms with Gasteiger partial charge in [-0.15, -0.1) is 0 Å². The van der Waals surface area contributed by atoms with Gasteiger partial charge in [0.25, 0.3) is 0 Å². The first-order valence-corrected chi connectivity index (χ1v) is 16.7. The molecule has 0 atom stereocenters. The molecule has 0 saturated heterocycles. The predicted octanol–water partition coefficient (Wildman–Crippen LogP) is 12.4. The summed E-state index contributed by atoms with van der Waals surface area (Å²) in [6.07, 6.45) is 12.3. The van der Waals surface area contributed by atoms with Crippen LogP contribution in [0.15, 0.2) is 127 Å². The molecule has 2 aliphatic carbocycles. The molecule has 0 bridgehead atoms. The average molecular weight is 598 g/mol. The topological polar surface area (TPSA) is 12.0 Å². The zero-order chi connectivity index (χ0) is 31.8. The van der Waals surface area contributed by atoms with Crippen LogP contribution in [-0.2, 0) is 11.8 Å². The van der Waals surface area contributed by atoms with Gasteiger partial charge in [0.1, 0.15) is 0 Å². The molecule has 0 heterocycles. The quantitative estimate of drug-likeness (QED) is 0.197. The number of nitrogens with one attached hydrogen (secondary N) is 1. The van der Waals surface area contributed by atoms with Crippen LogP contribution in [-0.4, -0.2) is 0 Å². The van der Waals surface area contributed by atoms with Gasteiger partial charge in [-0.05, 0) is 126 Å². The van der Waals surface area contributed by atoms with E-state index in [0.717, 1.165) is 24.2 Å². The molecule has 0 unspecified atom stereocenters. The summed E-state index contributed by atoms with van der Waals surface area (Å²) in [6, 6.07) is 38.1. The fourth-order valence-corrected chi connectivity index (χ4v) is 7.52. The first kappa shape index (κ1) is 29.8. The molecule has 228 valence electrons. The van der Waals surface area contributed by atoms with Crippen LogP contribution < -0.4 is 5.32 Å². The number of rotatable bonds is 7. The summed E-state index contributed by atoms with van der Waals surface area (Å²) in [5, 5.41) is 3.71. The molecular formula is C45H43N. The maximum atomic E-state index is 3.71. The van der Waals surface area contributed by atoms with Gasteiger partial charge in [0.05, 0.1) is 0 Å². The summed E-state index contributed by atoms with van der Waals surface area (Å²) in [5.74, 6) is 0. The zero-order valence-corrected chi connectivity index (χ0v) is 27.7. The lowest BCUT2D eigenvalue weighted by Gasteiger charge is -2.26. The Hall–Kier alpha value is -4.88. The molecule has 0 spiro atoms. The molecule has 0 radical (unpaired) electrons. The SMILES string of the molecule is C/C=C\c1c(C)ccc(C)c1-c1cc(-c2ccc(Cc3ccc4c(c3)C(C)(C)C3=C4C=CCC3)cc2)ccc1Nc1ccccc1. The van der Waals surface area contributed by atoms with E-state index in [4.69, 9.17) is 0 Å². The summed E-state index contributed by atoms with van der Waals surface area (Å²) in [7, 11) is 0. The molecule has 0 amide bonds. The average Bonchev–Trinajstić information content (AvgIpc) is 3.30. The van der Waals surface area contributed by atoms with Crippen LogP contribution in [0.1, 0.15) is 72.6 Å². The lowest BCUT2D eigenvalue weighted by molar-refractivity contribution is 0.606. The monoisotopic (exact) mass is 597 g/mol. The number of hydrogen-bond acceptors (Lipinski definition) is 1. The van der Waals surface area contributed by atoms with Crippen LogP contribution in [0.2, 0.25) is 0 Å². The number of allylic oxidation sites excluding steroid dienone is 5. The molecule has 1 nitrogen and oxygen atoms in total. The molecule has 0 aromatic heterocycles. The second kappa shape index (κ2) is 12.1. The van der Waals surface area contributed by atoms with Crippen LogP contribution in [0.25, 0.3) is 33.9 Å². The van der Waals surface area contributed by atoms with E-state index in [1.807, 2.05) is 0 Å². The summed E-state index contributed by atoms with van der Waals surface area (Å²) in [6.45, 7) is 11.3. The number of aryl methyl sites for hydroxylation is 2. The fourth-order valence-electron chi connectivity index (χ4n) is 7.52. The van der Waals surface area contributed by atoms with E-state index in [-0.39, 0.29) is 5.41 Å². The van der Waals surface area contributed by atoms with Crippen molar-refractivity contribution in [2.45, 2.75) is 59.3 Å². The number of anilines is 2. The summed E-state index contributed by atoms with van der Waals surface area (Å²) in [5.41, 5.74) is 19.8. The van der Waals surface area contributed by atoms with Crippen LogP contribution in [0, 0.1) is 13.8 Å². The van der Waals surface area contributed by atoms with Gasteiger partial charge in [0.15, 0.2) is 0 Å². The molecule has 0 fully saturated rings. The van der Waals surface area contributed by atoms with Gasteiger partial charge in [-0.2, -0.15) is 0 Å². The molecule has 7 rings (SSSR count). The highest BCUT2D eigenvalue weighted by molar-refractivity contribution is 5.91. The third-order valence-corrected chi connectivity index (χ3v) is 10.0. The van der Waals surface area contributed by atoms with Crippen LogP contribution in [0.4, 0.5) is 11.4 Å². The number of benzene rings is 5. The molecule has 2 aliphatic rings. The summed E-state index contributed by atoms with van der Waals surface area (Å²) < 4.78 is 0. The highest BCUT2D eigenvalue weighted by Gasteiger charge is 2.37. The zero-order valence-electron chi connectivity index (χ0n) is 27.7. The van der Waals surface area contributed by atoms with Gasteiger partial charge in [-0.1, -0.05) is 123 Å². The Labute approximate surface area is 275 Å². The van der Waals surface area contributed by atoms with Crippen molar-refractivity contribution in [1.82, 2.24) is 0 Å². The van der Waals surface area contributed by atoms with Crippen molar-refractivity contribution in [3.63, 3.8) is 0 Å². The van der Waals surface area contributed by atoms with E-state index < -0.39 is 0 Å². The maximum absolute atomic E-state index is 3.71. The van der Waals surface area contributed by atoms with E-state index in [2.05, 4.69) is 167 Å². The second-order valence-electron chi connectivity index (χ2n) is 13.5. The molecule has 0 aliphatic heterocycles. The van der Waals surface area contributed by atoms with Gasteiger partial charge in [0.2, 0.25) is 0 Å². The number of fused-ring (bicyclic) bond motifs is 2. The molecule has 5 aromatic carbocycles. The number of para-hydroxylation sites is 1. The van der Waals surface area contributed by atoms with E-state index in [1.54, 1.807) is 5.57 Å². The minimum absolute atomic E-state index is 0.108. The Kier molecular flexibility index (Phi) is 7.87. The van der Waals surface area contributed by atoms with Crippen molar-refractivity contribution in [3.8, 4) is 22.3 Å². The van der Waals surface area contributed by atoms with Gasteiger partial charge in [-0.25, -0.2) is 0 Å². The molecule has 46 heavy (non-hydrogen) atoms. The maximum Gasteiger partial charge on any atom is 0.0464 e. The van der Waals surface area contributed by atoms with E-state index in [1.165, 1.54) is 73.2 Å². The van der Waals surface area contributed by atoms with Crippen molar-refractivity contribution in [2.75, 3.05) is 5.32 Å². The summed E-state index contributed by atoms with van der Waals surface area (Å²) >= 11 is 0. The molecule has 1 N–H and O–H groups in total. The Bertz CT molecular complexity index is 2020. The normalized spacial score (nSPS) is 14.9. The first-order valence-electron chi connectivity index (χ1n) is 16.7. The largest absolute Gasteiger partial charge is 0.355 e. The van der Waals surface area contributed by atoms with Crippen molar-refractivity contribution in [2.24, 2.45) is 0 Å². The van der Waals surface area contributed by atoms with Gasteiger partial charge >= 0.3 is 0 Å². The van der Waals surface area contributed by atoms with Crippen LogP contribution in [0.5, 0.6) is 0 Å². The fraction of sp³-hybridized carbons (Fsp3) is 0.200. The van der Waals surface area contributed by atoms with Crippen molar-refractivity contribution < 1.29 is 0 Å². The molecule has 1 heteroatoms. The van der Waals surface area contributed by atoms with Gasteiger partial charge in [-0.3, -0.25) is 0 Å². The van der Waals surface area contributed by atoms with Crippen molar-refractivity contribution in [3.05, 3.63) is 166 Å². The van der Waals surface area contributed by atoms with Gasteiger partial charge in [0, 0.05) is 22.4 Å². The first-order chi connectivity index (χ1) is 22.3. The lowest BCUT2D eigenvalue weighted by Crippen LogP contribution is -2.18. The van der Waals surface area contributed by atoms with Crippen molar-refractivity contribution >= 4 is 23.0 Å². The minimum atomic E-state index is 0.108. The van der Waals surface area contributed by atoms with E-state index in [9.17, 15) is 0 Å². The standard InChI is InChI=1S/C45H43N/c1-6-12-37-30(2)17-18-31(3)44(37)40-29-35(24-26-43(40)46-36-13-8-7-9-14-36)34-22-19-32(20-23-34)27-33-21-25-39-38-15-10-11-16-41(38)45(4,5)42(39)28-33/h6-10,12-15,17-26,28-29,46H,11,16,27H2,1-5H3/b12-6-. The molecule has 0 saturated carbocycles. The third kappa shape index (κ3) is 5.45. The second-order valence-corrected chi connectivity index (χ2v) is 13.5. The highest BCUT2D eigenvalue weighted by atomic mass is 14.9. The lowest BCUT2D eigenvalue weighted by atomic mass is 9.78. The Morgan fingerprint density at radius 3 is 2.26 bits per heavy atom. The van der Waals surface area contributed by atoms with Gasteiger partial charge < -0.3 is 5.32 Å². The van der Waals surface area contributed by atoms with E-state index in [0.29, 0.717) is 0 Å².